The molecule has 1 aliphatic rings. The van der Waals surface area contributed by atoms with Crippen LogP contribution in [0, 0.1) is 0 Å². The largest absolute Gasteiger partial charge is 0.497 e. The lowest BCUT2D eigenvalue weighted by Crippen LogP contribution is -2.48. The van der Waals surface area contributed by atoms with Crippen LogP contribution in [0.1, 0.15) is 22.8 Å². The highest BCUT2D eigenvalue weighted by molar-refractivity contribution is 5.52. The Kier molecular flexibility index (Phi) is 9.65. The second kappa shape index (κ2) is 13.3. The maximum Gasteiger partial charge on any atom is 0.166 e. The van der Waals surface area contributed by atoms with Crippen LogP contribution in [0.5, 0.6) is 23.0 Å². The fourth-order valence-corrected chi connectivity index (χ4v) is 4.76. The van der Waals surface area contributed by atoms with Crippen molar-refractivity contribution < 1.29 is 24.1 Å². The zero-order chi connectivity index (χ0) is 26.0. The molecule has 4 rings (SSSR count). The van der Waals surface area contributed by atoms with Gasteiger partial charge < -0.3 is 24.1 Å². The Hall–Kier alpha value is -3.26. The average molecular weight is 507 g/mol. The second-order valence-electron chi connectivity index (χ2n) is 9.23. The first kappa shape index (κ1) is 26.8. The van der Waals surface area contributed by atoms with Crippen molar-refractivity contribution in [2.45, 2.75) is 12.5 Å². The van der Waals surface area contributed by atoms with Gasteiger partial charge in [-0.1, -0.05) is 48.5 Å². The van der Waals surface area contributed by atoms with Gasteiger partial charge in [0.1, 0.15) is 18.1 Å². The zero-order valence-electron chi connectivity index (χ0n) is 22.1. The van der Waals surface area contributed by atoms with Gasteiger partial charge in [-0.3, -0.25) is 9.80 Å². The van der Waals surface area contributed by atoms with Crippen LogP contribution >= 0.6 is 0 Å². The van der Waals surface area contributed by atoms with Gasteiger partial charge >= 0.3 is 0 Å². The Morgan fingerprint density at radius 3 is 2.19 bits per heavy atom. The molecule has 1 unspecified atom stereocenters. The number of β-amino-alcohol motifs (C(OH)–C–C–N with tert-alkyl or cyclic N) is 1. The third-order valence-electron chi connectivity index (χ3n) is 6.85. The van der Waals surface area contributed by atoms with Gasteiger partial charge in [0.15, 0.2) is 11.5 Å². The molecule has 37 heavy (non-hydrogen) atoms. The molecule has 198 valence electrons. The first-order valence-corrected chi connectivity index (χ1v) is 12.8. The van der Waals surface area contributed by atoms with Crippen LogP contribution in [0.2, 0.25) is 0 Å². The smallest absolute Gasteiger partial charge is 0.166 e. The number of piperazine rings is 1. The van der Waals surface area contributed by atoms with Crippen molar-refractivity contribution in [1.82, 2.24) is 9.80 Å². The summed E-state index contributed by atoms with van der Waals surface area (Å²) in [6, 6.07) is 22.3. The van der Waals surface area contributed by atoms with E-state index in [-0.39, 0.29) is 0 Å². The quantitative estimate of drug-likeness (QED) is 0.398. The van der Waals surface area contributed by atoms with E-state index in [1.54, 1.807) is 27.4 Å². The number of rotatable bonds is 12. The maximum absolute atomic E-state index is 11.0. The Morgan fingerprint density at radius 1 is 0.784 bits per heavy atom. The zero-order valence-corrected chi connectivity index (χ0v) is 22.1. The van der Waals surface area contributed by atoms with Crippen molar-refractivity contribution in [2.24, 2.45) is 0 Å². The van der Waals surface area contributed by atoms with E-state index in [9.17, 15) is 5.11 Å². The summed E-state index contributed by atoms with van der Waals surface area (Å²) in [7, 11) is 4.77. The van der Waals surface area contributed by atoms with E-state index < -0.39 is 6.10 Å². The number of hydrogen-bond donors (Lipinski definition) is 1. The highest BCUT2D eigenvalue weighted by Crippen LogP contribution is 2.39. The van der Waals surface area contributed by atoms with Crippen molar-refractivity contribution in [1.29, 1.82) is 0 Å². The summed E-state index contributed by atoms with van der Waals surface area (Å²) in [6.45, 7) is 5.66. The lowest BCUT2D eigenvalue weighted by molar-refractivity contribution is 0.0662. The third kappa shape index (κ3) is 7.16. The van der Waals surface area contributed by atoms with E-state index in [0.29, 0.717) is 36.0 Å². The van der Waals surface area contributed by atoms with Crippen molar-refractivity contribution >= 4 is 0 Å². The predicted molar refractivity (Wildman–Crippen MR) is 145 cm³/mol. The SMILES string of the molecule is COc1cc(OC)c(OC)c(C(O)CN2CCN(CCOc3ccccc3Cc3ccccc3)CC2)c1. The summed E-state index contributed by atoms with van der Waals surface area (Å²) in [5.74, 6) is 2.67. The number of benzene rings is 3. The minimum absolute atomic E-state index is 0.518. The molecule has 3 aromatic carbocycles. The van der Waals surface area contributed by atoms with E-state index in [4.69, 9.17) is 18.9 Å². The molecule has 7 heteroatoms. The molecule has 1 atom stereocenters. The number of nitrogens with zero attached hydrogens (tertiary/aromatic N) is 2. The predicted octanol–water partition coefficient (Wildman–Crippen LogP) is 4.03. The molecule has 7 nitrogen and oxygen atoms in total. The van der Waals surface area contributed by atoms with Crippen LogP contribution in [0.4, 0.5) is 0 Å². The van der Waals surface area contributed by atoms with E-state index in [1.165, 1.54) is 11.1 Å². The molecule has 0 saturated carbocycles. The lowest BCUT2D eigenvalue weighted by Gasteiger charge is -2.35. The summed E-state index contributed by atoms with van der Waals surface area (Å²) in [4.78, 5) is 4.69. The molecule has 1 fully saturated rings. The van der Waals surface area contributed by atoms with Crippen LogP contribution < -0.4 is 18.9 Å². The lowest BCUT2D eigenvalue weighted by atomic mass is 10.0. The molecule has 3 aromatic rings. The number of hydrogen-bond acceptors (Lipinski definition) is 7. The van der Waals surface area contributed by atoms with Gasteiger partial charge in [-0.05, 0) is 23.3 Å². The van der Waals surface area contributed by atoms with E-state index in [1.807, 2.05) is 18.2 Å². The highest BCUT2D eigenvalue weighted by Gasteiger charge is 2.24. The third-order valence-corrected chi connectivity index (χ3v) is 6.85. The van der Waals surface area contributed by atoms with Gasteiger partial charge in [0, 0.05) is 57.3 Å². The van der Waals surface area contributed by atoms with E-state index >= 15 is 0 Å². The Bertz CT molecular complexity index is 1120. The Labute approximate surface area is 220 Å². The van der Waals surface area contributed by atoms with Gasteiger partial charge in [0.25, 0.3) is 0 Å². The first-order valence-electron chi connectivity index (χ1n) is 12.8. The molecule has 1 heterocycles. The minimum Gasteiger partial charge on any atom is -0.497 e. The normalized spacial score (nSPS) is 15.2. The molecule has 0 spiro atoms. The van der Waals surface area contributed by atoms with Crippen molar-refractivity contribution in [3.8, 4) is 23.0 Å². The summed E-state index contributed by atoms with van der Waals surface area (Å²) in [5.41, 5.74) is 3.16. The monoisotopic (exact) mass is 506 g/mol. The number of para-hydroxylation sites is 1. The molecule has 0 radical (unpaired) electrons. The molecule has 1 saturated heterocycles. The average Bonchev–Trinajstić information content (AvgIpc) is 2.94. The van der Waals surface area contributed by atoms with Gasteiger partial charge in [0.05, 0.1) is 27.4 Å². The molecule has 0 amide bonds. The van der Waals surface area contributed by atoms with Crippen LogP contribution in [0.25, 0.3) is 0 Å². The second-order valence-corrected chi connectivity index (χ2v) is 9.23. The number of ether oxygens (including phenoxy) is 4. The molecule has 0 aliphatic carbocycles. The Balaban J connectivity index is 1.26. The maximum atomic E-state index is 11.0. The number of methoxy groups -OCH3 is 3. The van der Waals surface area contributed by atoms with Gasteiger partial charge in [0.2, 0.25) is 0 Å². The fraction of sp³-hybridized carbons (Fsp3) is 0.400. The standard InChI is InChI=1S/C30H38N2O5/c1-34-25-20-26(30(36-3)29(21-25)35-2)27(33)22-32-15-13-31(14-16-32)17-18-37-28-12-8-7-11-24(28)19-23-9-5-4-6-10-23/h4-12,20-21,27,33H,13-19,22H2,1-3H3. The van der Waals surface area contributed by atoms with Gasteiger partial charge in [-0.25, -0.2) is 0 Å². The van der Waals surface area contributed by atoms with Gasteiger partial charge in [-0.2, -0.15) is 0 Å². The molecule has 0 bridgehead atoms. The summed E-state index contributed by atoms with van der Waals surface area (Å²) in [5, 5.41) is 11.0. The summed E-state index contributed by atoms with van der Waals surface area (Å²) < 4.78 is 22.5. The summed E-state index contributed by atoms with van der Waals surface area (Å²) in [6.07, 6.45) is 0.150. The highest BCUT2D eigenvalue weighted by atomic mass is 16.5. The van der Waals surface area contributed by atoms with Crippen molar-refractivity contribution in [3.63, 3.8) is 0 Å². The van der Waals surface area contributed by atoms with Crippen LogP contribution in [-0.2, 0) is 6.42 Å². The number of aliphatic hydroxyl groups is 1. The van der Waals surface area contributed by atoms with Crippen molar-refractivity contribution in [2.75, 3.05) is 67.2 Å². The fourth-order valence-electron chi connectivity index (χ4n) is 4.76. The van der Waals surface area contributed by atoms with Crippen LogP contribution in [0.15, 0.2) is 66.7 Å². The minimum atomic E-state index is -0.713. The van der Waals surface area contributed by atoms with Crippen LogP contribution in [-0.4, -0.2) is 82.1 Å². The van der Waals surface area contributed by atoms with Crippen molar-refractivity contribution in [3.05, 3.63) is 83.4 Å². The Morgan fingerprint density at radius 2 is 1.49 bits per heavy atom. The summed E-state index contributed by atoms with van der Waals surface area (Å²) >= 11 is 0. The van der Waals surface area contributed by atoms with Crippen LogP contribution in [0.3, 0.4) is 0 Å². The first-order chi connectivity index (χ1) is 18.1. The van der Waals surface area contributed by atoms with E-state index in [0.717, 1.165) is 44.9 Å². The topological polar surface area (TPSA) is 63.6 Å². The molecule has 0 aromatic heterocycles. The molecule has 1 aliphatic heterocycles. The molecule has 1 N–H and O–H groups in total. The molecular formula is C30H38N2O5. The van der Waals surface area contributed by atoms with E-state index in [2.05, 4.69) is 52.3 Å². The van der Waals surface area contributed by atoms with Gasteiger partial charge in [-0.15, -0.1) is 0 Å². The molecular weight excluding hydrogens is 468 g/mol. The number of aliphatic hydroxyl groups excluding tert-OH is 1.